The molecule has 1 amide bonds. The molecular weight excluding hydrogens is 336 g/mol. The summed E-state index contributed by atoms with van der Waals surface area (Å²) in [4.78, 5) is 16.6. The average molecular weight is 356 g/mol. The molecule has 0 bridgehead atoms. The standard InChI is InChI=1S/C22H20N4O/c1-15(2)16-7-9-18(10-8-16)25-19-11-12-24-21(13-19)22(27)26-20-6-4-3-5-17(20)14-23/h3-13,15H,1-2H3,(H,24,25)(H,26,27). The van der Waals surface area contributed by atoms with Gasteiger partial charge >= 0.3 is 0 Å². The van der Waals surface area contributed by atoms with Gasteiger partial charge in [-0.3, -0.25) is 9.78 Å². The van der Waals surface area contributed by atoms with E-state index >= 15 is 0 Å². The molecule has 2 aromatic carbocycles. The van der Waals surface area contributed by atoms with Crippen LogP contribution in [-0.4, -0.2) is 10.9 Å². The molecule has 3 aromatic rings. The number of nitrogens with zero attached hydrogens (tertiary/aromatic N) is 2. The third-order valence-corrected chi connectivity index (χ3v) is 4.15. The smallest absolute Gasteiger partial charge is 0.274 e. The first kappa shape index (κ1) is 18.2. The van der Waals surface area contributed by atoms with Crippen molar-refractivity contribution < 1.29 is 4.79 Å². The largest absolute Gasteiger partial charge is 0.355 e. The number of hydrogen-bond acceptors (Lipinski definition) is 4. The van der Waals surface area contributed by atoms with Crippen molar-refractivity contribution >= 4 is 23.0 Å². The molecule has 5 nitrogen and oxygen atoms in total. The third kappa shape index (κ3) is 4.50. The zero-order valence-electron chi connectivity index (χ0n) is 15.2. The maximum Gasteiger partial charge on any atom is 0.274 e. The summed E-state index contributed by atoms with van der Waals surface area (Å²) in [6.07, 6.45) is 1.58. The topological polar surface area (TPSA) is 77.8 Å². The third-order valence-electron chi connectivity index (χ3n) is 4.15. The molecule has 0 fully saturated rings. The number of anilines is 3. The molecule has 1 heterocycles. The number of para-hydroxylation sites is 1. The summed E-state index contributed by atoms with van der Waals surface area (Å²) in [7, 11) is 0. The van der Waals surface area contributed by atoms with E-state index in [4.69, 9.17) is 5.26 Å². The molecular formula is C22H20N4O. The van der Waals surface area contributed by atoms with Crippen LogP contribution in [0.4, 0.5) is 17.1 Å². The fourth-order valence-corrected chi connectivity index (χ4v) is 2.63. The maximum absolute atomic E-state index is 12.5. The first-order chi connectivity index (χ1) is 13.1. The SMILES string of the molecule is CC(C)c1ccc(Nc2ccnc(C(=O)Nc3ccccc3C#N)c2)cc1. The second kappa shape index (κ2) is 8.15. The number of nitrogens with one attached hydrogen (secondary N) is 2. The fourth-order valence-electron chi connectivity index (χ4n) is 2.63. The number of aromatic nitrogens is 1. The Morgan fingerprint density at radius 2 is 1.78 bits per heavy atom. The second-order valence-corrected chi connectivity index (χ2v) is 6.44. The molecule has 0 radical (unpaired) electrons. The van der Waals surface area contributed by atoms with Gasteiger partial charge < -0.3 is 10.6 Å². The van der Waals surface area contributed by atoms with E-state index in [0.717, 1.165) is 11.4 Å². The summed E-state index contributed by atoms with van der Waals surface area (Å²) in [5.74, 6) is 0.114. The van der Waals surface area contributed by atoms with Gasteiger partial charge in [-0.2, -0.15) is 5.26 Å². The summed E-state index contributed by atoms with van der Waals surface area (Å²) in [6, 6.07) is 20.6. The molecule has 0 saturated carbocycles. The molecule has 0 saturated heterocycles. The monoisotopic (exact) mass is 356 g/mol. The predicted molar refractivity (Wildman–Crippen MR) is 107 cm³/mol. The van der Waals surface area contributed by atoms with Gasteiger partial charge in [0.1, 0.15) is 11.8 Å². The summed E-state index contributed by atoms with van der Waals surface area (Å²) in [6.45, 7) is 4.31. The van der Waals surface area contributed by atoms with E-state index < -0.39 is 0 Å². The summed E-state index contributed by atoms with van der Waals surface area (Å²) in [5.41, 5.74) is 4.12. The van der Waals surface area contributed by atoms with Gasteiger partial charge in [-0.1, -0.05) is 38.1 Å². The molecule has 134 valence electrons. The van der Waals surface area contributed by atoms with E-state index in [2.05, 4.69) is 47.7 Å². The Labute approximate surface area is 158 Å². The molecule has 1 aromatic heterocycles. The fraction of sp³-hybridized carbons (Fsp3) is 0.136. The van der Waals surface area contributed by atoms with E-state index in [0.29, 0.717) is 17.2 Å². The van der Waals surface area contributed by atoms with Crippen molar-refractivity contribution in [2.24, 2.45) is 0 Å². The lowest BCUT2D eigenvalue weighted by molar-refractivity contribution is 0.102. The zero-order chi connectivity index (χ0) is 19.2. The number of nitriles is 1. The van der Waals surface area contributed by atoms with Crippen molar-refractivity contribution in [2.75, 3.05) is 10.6 Å². The second-order valence-electron chi connectivity index (χ2n) is 6.44. The molecule has 2 N–H and O–H groups in total. The quantitative estimate of drug-likeness (QED) is 0.669. The van der Waals surface area contributed by atoms with Gasteiger partial charge in [0.15, 0.2) is 0 Å². The van der Waals surface area contributed by atoms with Gasteiger partial charge in [0.2, 0.25) is 0 Å². The lowest BCUT2D eigenvalue weighted by Crippen LogP contribution is -2.14. The van der Waals surface area contributed by atoms with Crippen LogP contribution in [0.2, 0.25) is 0 Å². The summed E-state index contributed by atoms with van der Waals surface area (Å²) >= 11 is 0. The highest BCUT2D eigenvalue weighted by Gasteiger charge is 2.11. The molecule has 0 aliphatic carbocycles. The number of carbonyl (C=O) groups is 1. The van der Waals surface area contributed by atoms with E-state index in [1.165, 1.54) is 5.56 Å². The van der Waals surface area contributed by atoms with Gasteiger partial charge in [0, 0.05) is 17.6 Å². The summed E-state index contributed by atoms with van der Waals surface area (Å²) in [5, 5.41) is 15.2. The van der Waals surface area contributed by atoms with Crippen molar-refractivity contribution in [3.8, 4) is 6.07 Å². The van der Waals surface area contributed by atoms with Gasteiger partial charge in [0.25, 0.3) is 5.91 Å². The first-order valence-corrected chi connectivity index (χ1v) is 8.70. The van der Waals surface area contributed by atoms with Crippen molar-refractivity contribution in [3.63, 3.8) is 0 Å². The Hall–Kier alpha value is -3.65. The highest BCUT2D eigenvalue weighted by atomic mass is 16.1. The van der Waals surface area contributed by atoms with Crippen LogP contribution >= 0.6 is 0 Å². The average Bonchev–Trinajstić information content (AvgIpc) is 2.69. The minimum Gasteiger partial charge on any atom is -0.355 e. The van der Waals surface area contributed by atoms with Crippen LogP contribution in [0.3, 0.4) is 0 Å². The van der Waals surface area contributed by atoms with E-state index in [-0.39, 0.29) is 11.6 Å². The molecule has 0 aliphatic heterocycles. The number of rotatable bonds is 5. The molecule has 0 spiro atoms. The lowest BCUT2D eigenvalue weighted by atomic mass is 10.0. The first-order valence-electron chi connectivity index (χ1n) is 8.70. The van der Waals surface area contributed by atoms with Crippen LogP contribution in [-0.2, 0) is 0 Å². The van der Waals surface area contributed by atoms with Crippen LogP contribution in [0.5, 0.6) is 0 Å². The minimum absolute atomic E-state index is 0.270. The van der Waals surface area contributed by atoms with Crippen molar-refractivity contribution in [3.05, 3.63) is 83.7 Å². The van der Waals surface area contributed by atoms with Crippen molar-refractivity contribution in [1.29, 1.82) is 5.26 Å². The van der Waals surface area contributed by atoms with Crippen LogP contribution in [0, 0.1) is 11.3 Å². The van der Waals surface area contributed by atoms with Gasteiger partial charge in [-0.25, -0.2) is 0 Å². The Bertz CT molecular complexity index is 988. The van der Waals surface area contributed by atoms with Gasteiger partial charge in [0.05, 0.1) is 11.3 Å². The number of pyridine rings is 1. The molecule has 0 atom stereocenters. The predicted octanol–water partition coefficient (Wildman–Crippen LogP) is 5.07. The highest BCUT2D eigenvalue weighted by Crippen LogP contribution is 2.21. The normalized spacial score (nSPS) is 10.3. The molecule has 27 heavy (non-hydrogen) atoms. The molecule has 5 heteroatoms. The Kier molecular flexibility index (Phi) is 5.48. The highest BCUT2D eigenvalue weighted by molar-refractivity contribution is 6.04. The number of benzene rings is 2. The Morgan fingerprint density at radius 1 is 1.04 bits per heavy atom. The van der Waals surface area contributed by atoms with Crippen molar-refractivity contribution in [1.82, 2.24) is 4.98 Å². The van der Waals surface area contributed by atoms with Gasteiger partial charge in [-0.15, -0.1) is 0 Å². The molecule has 0 aliphatic rings. The number of hydrogen-bond donors (Lipinski definition) is 2. The van der Waals surface area contributed by atoms with E-state index in [9.17, 15) is 4.79 Å². The maximum atomic E-state index is 12.5. The van der Waals surface area contributed by atoms with Crippen LogP contribution in [0.1, 0.15) is 41.4 Å². The van der Waals surface area contributed by atoms with Crippen LogP contribution < -0.4 is 10.6 Å². The van der Waals surface area contributed by atoms with Gasteiger partial charge in [-0.05, 0) is 47.9 Å². The Morgan fingerprint density at radius 3 is 2.48 bits per heavy atom. The summed E-state index contributed by atoms with van der Waals surface area (Å²) < 4.78 is 0. The Balaban J connectivity index is 1.75. The number of amides is 1. The number of carbonyl (C=O) groups excluding carboxylic acids is 1. The van der Waals surface area contributed by atoms with Crippen LogP contribution in [0.15, 0.2) is 66.9 Å². The van der Waals surface area contributed by atoms with E-state index in [1.54, 1.807) is 42.6 Å². The van der Waals surface area contributed by atoms with E-state index in [1.807, 2.05) is 12.1 Å². The lowest BCUT2D eigenvalue weighted by Gasteiger charge is -2.11. The molecule has 0 unspecified atom stereocenters. The van der Waals surface area contributed by atoms with Crippen LogP contribution in [0.25, 0.3) is 0 Å². The zero-order valence-corrected chi connectivity index (χ0v) is 15.2. The molecule has 3 rings (SSSR count). The minimum atomic E-state index is -0.364. The van der Waals surface area contributed by atoms with Crippen molar-refractivity contribution in [2.45, 2.75) is 19.8 Å².